The Morgan fingerprint density at radius 2 is 1.65 bits per heavy atom. The maximum absolute atomic E-state index is 8.01. The van der Waals surface area contributed by atoms with E-state index >= 15 is 0 Å². The molecule has 0 saturated carbocycles. The summed E-state index contributed by atoms with van der Waals surface area (Å²) in [4.78, 5) is 0. The van der Waals surface area contributed by atoms with E-state index in [-0.39, 0.29) is 10.8 Å². The van der Waals surface area contributed by atoms with Gasteiger partial charge in [-0.15, -0.1) is 0 Å². The molecule has 0 atom stereocenters. The van der Waals surface area contributed by atoms with Crippen LogP contribution in [0.5, 0.6) is 11.5 Å². The molecular weight excluding hydrogens is 414 g/mol. The Hall–Kier alpha value is -2.87. The van der Waals surface area contributed by atoms with Crippen LogP contribution in [0, 0.1) is 24.6 Å². The molecule has 0 spiro atoms. The van der Waals surface area contributed by atoms with Crippen molar-refractivity contribution in [3.63, 3.8) is 0 Å². The average molecular weight is 456 g/mol. The van der Waals surface area contributed by atoms with Crippen molar-refractivity contribution in [2.24, 2.45) is 17.9 Å². The Morgan fingerprint density at radius 3 is 2.32 bits per heavy atom. The molecule has 2 heteroatoms. The fraction of sp³-hybridized carbons (Fsp3) is 0.406. The van der Waals surface area contributed by atoms with Gasteiger partial charge in [0, 0.05) is 15.7 Å². The zero-order chi connectivity index (χ0) is 27.1. The molecular formula is C32H38NO+. The minimum absolute atomic E-state index is 0.0184. The first-order chi connectivity index (χ1) is 17.0. The number of hydrogen-bond acceptors (Lipinski definition) is 1. The van der Waals surface area contributed by atoms with Crippen molar-refractivity contribution in [3.05, 3.63) is 64.8 Å². The summed E-state index contributed by atoms with van der Waals surface area (Å²) in [5.74, 6) is 1.81. The van der Waals surface area contributed by atoms with Gasteiger partial charge >= 0.3 is 0 Å². The molecule has 5 rings (SSSR count). The van der Waals surface area contributed by atoms with Crippen molar-refractivity contribution in [3.8, 4) is 22.8 Å². The zero-order valence-corrected chi connectivity index (χ0v) is 21.8. The average Bonchev–Trinajstić information content (AvgIpc) is 2.75. The van der Waals surface area contributed by atoms with E-state index in [9.17, 15) is 0 Å². The number of rotatable bonds is 2. The van der Waals surface area contributed by atoms with E-state index in [2.05, 4.69) is 84.5 Å². The Morgan fingerprint density at radius 1 is 0.912 bits per heavy atom. The maximum Gasteiger partial charge on any atom is 0.228 e. The first kappa shape index (κ1) is 19.4. The van der Waals surface area contributed by atoms with Gasteiger partial charge in [-0.05, 0) is 70.8 Å². The smallest absolute Gasteiger partial charge is 0.228 e. The van der Waals surface area contributed by atoms with Crippen LogP contribution in [-0.2, 0) is 19.9 Å². The van der Waals surface area contributed by atoms with E-state index in [0.29, 0.717) is 5.56 Å². The molecule has 0 saturated heterocycles. The van der Waals surface area contributed by atoms with E-state index < -0.39 is 6.85 Å². The largest absolute Gasteiger partial charge is 0.455 e. The minimum atomic E-state index is -2.15. The third-order valence-electron chi connectivity index (χ3n) is 6.77. The highest BCUT2D eigenvalue weighted by Gasteiger charge is 2.34. The van der Waals surface area contributed by atoms with Crippen LogP contribution < -0.4 is 9.30 Å². The Labute approximate surface area is 208 Å². The summed E-state index contributed by atoms with van der Waals surface area (Å²) in [6.45, 7) is 13.5. The highest BCUT2D eigenvalue weighted by Crippen LogP contribution is 2.52. The van der Waals surface area contributed by atoms with Gasteiger partial charge in [0.2, 0.25) is 5.69 Å². The summed E-state index contributed by atoms with van der Waals surface area (Å²) in [7, 11) is 2.09. The lowest BCUT2D eigenvalue weighted by molar-refractivity contribution is -0.659. The molecule has 1 aromatic heterocycles. The molecule has 176 valence electrons. The monoisotopic (exact) mass is 455 g/mol. The normalized spacial score (nSPS) is 15.0. The lowest BCUT2D eigenvalue weighted by Gasteiger charge is -2.28. The SMILES string of the molecule is [2H]C([2H])([2H])c1ccc2c(CC(C)(C)C)c3c(c(C)c2c1)-c1c2c(cc(CC(C)(C)C)cc2cc[n+]1C)O3. The summed E-state index contributed by atoms with van der Waals surface area (Å²) in [5.41, 5.74) is 6.23. The van der Waals surface area contributed by atoms with Gasteiger partial charge in [-0.25, -0.2) is 4.57 Å². The van der Waals surface area contributed by atoms with Crippen LogP contribution in [0.1, 0.15) is 67.9 Å². The van der Waals surface area contributed by atoms with Crippen LogP contribution in [0.3, 0.4) is 0 Å². The van der Waals surface area contributed by atoms with Crippen molar-refractivity contribution in [1.82, 2.24) is 0 Å². The van der Waals surface area contributed by atoms with E-state index in [1.165, 1.54) is 10.9 Å². The molecule has 1 aliphatic heterocycles. The summed E-state index contributed by atoms with van der Waals surface area (Å²) in [6, 6.07) is 12.3. The lowest BCUT2D eigenvalue weighted by Crippen LogP contribution is -2.32. The van der Waals surface area contributed by atoms with Crippen LogP contribution in [0.2, 0.25) is 0 Å². The Kier molecular flexibility index (Phi) is 4.33. The fourth-order valence-corrected chi connectivity index (χ4v) is 5.53. The third-order valence-corrected chi connectivity index (χ3v) is 6.77. The highest BCUT2D eigenvalue weighted by molar-refractivity contribution is 6.06. The number of hydrogen-bond donors (Lipinski definition) is 0. The molecule has 0 unspecified atom stereocenters. The number of aromatic nitrogens is 1. The van der Waals surface area contributed by atoms with Gasteiger partial charge in [0.15, 0.2) is 6.20 Å². The minimum Gasteiger partial charge on any atom is -0.455 e. The van der Waals surface area contributed by atoms with Gasteiger partial charge in [-0.3, -0.25) is 0 Å². The number of benzene rings is 3. The molecule has 0 amide bonds. The predicted molar refractivity (Wildman–Crippen MR) is 144 cm³/mol. The Balaban J connectivity index is 1.90. The van der Waals surface area contributed by atoms with Crippen LogP contribution in [0.25, 0.3) is 32.8 Å². The standard InChI is InChI=1S/C32H38NO/c1-19-10-11-23-24(14-19)20(2)27-29-28-22(12-13-33(29)9)15-21(17-31(3,4)5)16-26(28)34-30(27)25(23)18-32(6,7)8/h10-16H,17-18H2,1-9H3/q+1/i1D3. The van der Waals surface area contributed by atoms with Gasteiger partial charge in [-0.2, -0.15) is 0 Å². The van der Waals surface area contributed by atoms with E-state index in [4.69, 9.17) is 8.85 Å². The van der Waals surface area contributed by atoms with Crippen LogP contribution in [0.4, 0.5) is 0 Å². The number of ether oxygens (including phenoxy) is 1. The van der Waals surface area contributed by atoms with Crippen LogP contribution in [-0.4, -0.2) is 0 Å². The lowest BCUT2D eigenvalue weighted by atomic mass is 9.81. The quantitative estimate of drug-likeness (QED) is 0.244. The number of aryl methyl sites for hydroxylation is 3. The molecule has 2 nitrogen and oxygen atoms in total. The summed E-state index contributed by atoms with van der Waals surface area (Å²) in [6.07, 6.45) is 3.91. The van der Waals surface area contributed by atoms with Crippen molar-refractivity contribution >= 4 is 21.5 Å². The Bertz CT molecular complexity index is 1570. The molecule has 1 aliphatic rings. The number of pyridine rings is 1. The van der Waals surface area contributed by atoms with Gasteiger partial charge in [-0.1, -0.05) is 71.4 Å². The van der Waals surface area contributed by atoms with Crippen LogP contribution >= 0.6 is 0 Å². The molecule has 0 aliphatic carbocycles. The van der Waals surface area contributed by atoms with Gasteiger partial charge in [0.25, 0.3) is 0 Å². The molecule has 0 radical (unpaired) electrons. The van der Waals surface area contributed by atoms with E-state index in [1.54, 1.807) is 6.07 Å². The van der Waals surface area contributed by atoms with E-state index in [0.717, 1.165) is 62.9 Å². The zero-order valence-electron chi connectivity index (χ0n) is 24.8. The topological polar surface area (TPSA) is 13.1 Å². The van der Waals surface area contributed by atoms with Crippen molar-refractivity contribution in [2.75, 3.05) is 0 Å². The molecule has 3 aromatic carbocycles. The fourth-order valence-electron chi connectivity index (χ4n) is 5.53. The summed E-state index contributed by atoms with van der Waals surface area (Å²) >= 11 is 0. The second-order valence-corrected chi connectivity index (χ2v) is 12.5. The van der Waals surface area contributed by atoms with E-state index in [1.807, 2.05) is 12.1 Å². The summed E-state index contributed by atoms with van der Waals surface area (Å²) in [5, 5.41) is 4.35. The molecule has 0 fully saturated rings. The third kappa shape index (κ3) is 3.87. The molecule has 34 heavy (non-hydrogen) atoms. The molecule has 2 heterocycles. The van der Waals surface area contributed by atoms with Crippen molar-refractivity contribution < 1.29 is 13.4 Å². The number of fused-ring (bicyclic) bond motifs is 3. The predicted octanol–water partition coefficient (Wildman–Crippen LogP) is 8.38. The van der Waals surface area contributed by atoms with Gasteiger partial charge < -0.3 is 4.74 Å². The number of nitrogens with zero attached hydrogens (tertiary/aromatic N) is 1. The first-order valence-corrected chi connectivity index (χ1v) is 12.3. The second-order valence-electron chi connectivity index (χ2n) is 12.5. The first-order valence-electron chi connectivity index (χ1n) is 13.8. The van der Waals surface area contributed by atoms with Gasteiger partial charge in [0.1, 0.15) is 18.5 Å². The van der Waals surface area contributed by atoms with Crippen LogP contribution in [0.15, 0.2) is 42.6 Å². The molecule has 4 aromatic rings. The highest BCUT2D eigenvalue weighted by atomic mass is 16.5. The van der Waals surface area contributed by atoms with Gasteiger partial charge in [0.05, 0.1) is 10.9 Å². The van der Waals surface area contributed by atoms with Crippen molar-refractivity contribution in [2.45, 2.75) is 68.2 Å². The molecule has 0 N–H and O–H groups in total. The van der Waals surface area contributed by atoms with Crippen molar-refractivity contribution in [1.29, 1.82) is 0 Å². The molecule has 0 bridgehead atoms. The second kappa shape index (κ2) is 7.57. The maximum atomic E-state index is 8.01. The summed E-state index contributed by atoms with van der Waals surface area (Å²) < 4.78 is 33.1.